The maximum atomic E-state index is 2.54. The Morgan fingerprint density at radius 3 is 2.71 bits per heavy atom. The second-order valence-electron chi connectivity index (χ2n) is 4.43. The third-order valence-corrected chi connectivity index (χ3v) is 3.24. The highest BCUT2D eigenvalue weighted by Crippen LogP contribution is 2.34. The van der Waals surface area contributed by atoms with Crippen molar-refractivity contribution in [3.8, 4) is 0 Å². The van der Waals surface area contributed by atoms with Crippen molar-refractivity contribution in [1.82, 2.24) is 0 Å². The zero-order valence-electron chi connectivity index (χ0n) is 9.33. The van der Waals surface area contributed by atoms with Crippen molar-refractivity contribution in [2.24, 2.45) is 5.92 Å². The van der Waals surface area contributed by atoms with Crippen LogP contribution in [0.4, 0.5) is 5.69 Å². The van der Waals surface area contributed by atoms with E-state index in [0.717, 1.165) is 12.5 Å². The van der Waals surface area contributed by atoms with Crippen molar-refractivity contribution in [3.63, 3.8) is 0 Å². The Bertz CT molecular complexity index is 317. The number of anilines is 1. The SMILES string of the molecule is CCN1c2ccccc2CC1C(C)C. The zero-order valence-corrected chi connectivity index (χ0v) is 9.33. The Morgan fingerprint density at radius 2 is 2.07 bits per heavy atom. The monoisotopic (exact) mass is 189 g/mol. The molecule has 0 radical (unpaired) electrons. The number of rotatable bonds is 2. The molecule has 2 rings (SSSR count). The fourth-order valence-corrected chi connectivity index (χ4v) is 2.48. The third-order valence-electron chi connectivity index (χ3n) is 3.24. The lowest BCUT2D eigenvalue weighted by atomic mass is 10.00. The van der Waals surface area contributed by atoms with Crippen LogP contribution in [0.15, 0.2) is 24.3 Å². The van der Waals surface area contributed by atoms with E-state index in [0.29, 0.717) is 6.04 Å². The molecule has 0 saturated heterocycles. The molecule has 0 aliphatic carbocycles. The van der Waals surface area contributed by atoms with Crippen LogP contribution in [0.1, 0.15) is 26.3 Å². The van der Waals surface area contributed by atoms with Crippen LogP contribution in [0.3, 0.4) is 0 Å². The number of para-hydroxylation sites is 1. The van der Waals surface area contributed by atoms with Crippen LogP contribution in [0.25, 0.3) is 0 Å². The average Bonchev–Trinajstić information content (AvgIpc) is 2.56. The maximum Gasteiger partial charge on any atom is 0.0402 e. The molecular formula is C13H19N. The molecule has 76 valence electrons. The van der Waals surface area contributed by atoms with Crippen LogP contribution in [-0.2, 0) is 6.42 Å². The van der Waals surface area contributed by atoms with Crippen molar-refractivity contribution in [3.05, 3.63) is 29.8 Å². The van der Waals surface area contributed by atoms with Gasteiger partial charge in [0.25, 0.3) is 0 Å². The summed E-state index contributed by atoms with van der Waals surface area (Å²) in [5.74, 6) is 0.738. The predicted octanol–water partition coefficient (Wildman–Crippen LogP) is 3.09. The van der Waals surface area contributed by atoms with Crippen molar-refractivity contribution in [2.75, 3.05) is 11.4 Å². The minimum absolute atomic E-state index is 0.706. The number of likely N-dealkylation sites (N-methyl/N-ethyl adjacent to an activating group) is 1. The second kappa shape index (κ2) is 3.64. The standard InChI is InChI=1S/C13H19N/c1-4-14-12-8-6-5-7-11(12)9-13(14)10(2)3/h5-8,10,13H,4,9H2,1-3H3. The van der Waals surface area contributed by atoms with Gasteiger partial charge in [0.1, 0.15) is 0 Å². The number of hydrogen-bond acceptors (Lipinski definition) is 1. The highest BCUT2D eigenvalue weighted by molar-refractivity contribution is 5.59. The first-order valence-electron chi connectivity index (χ1n) is 5.58. The van der Waals surface area contributed by atoms with Crippen LogP contribution in [0, 0.1) is 5.92 Å². The molecule has 14 heavy (non-hydrogen) atoms. The number of nitrogens with zero attached hydrogens (tertiary/aromatic N) is 1. The van der Waals surface area contributed by atoms with Crippen LogP contribution < -0.4 is 4.90 Å². The number of benzene rings is 1. The van der Waals surface area contributed by atoms with Crippen molar-refractivity contribution < 1.29 is 0 Å². The fourth-order valence-electron chi connectivity index (χ4n) is 2.48. The lowest BCUT2D eigenvalue weighted by Gasteiger charge is -2.29. The van der Waals surface area contributed by atoms with Crippen molar-refractivity contribution >= 4 is 5.69 Å². The van der Waals surface area contributed by atoms with Crippen molar-refractivity contribution in [2.45, 2.75) is 33.2 Å². The van der Waals surface area contributed by atoms with Gasteiger partial charge in [0.15, 0.2) is 0 Å². The van der Waals surface area contributed by atoms with E-state index >= 15 is 0 Å². The summed E-state index contributed by atoms with van der Waals surface area (Å²) in [6.07, 6.45) is 1.22. The molecule has 0 aromatic heterocycles. The Kier molecular flexibility index (Phi) is 2.49. The molecule has 0 bridgehead atoms. The van der Waals surface area contributed by atoms with Gasteiger partial charge in [-0.2, -0.15) is 0 Å². The van der Waals surface area contributed by atoms with Gasteiger partial charge in [0.2, 0.25) is 0 Å². The summed E-state index contributed by atoms with van der Waals surface area (Å²) >= 11 is 0. The third kappa shape index (κ3) is 1.41. The van der Waals surface area contributed by atoms with Gasteiger partial charge >= 0.3 is 0 Å². The average molecular weight is 189 g/mol. The van der Waals surface area contributed by atoms with E-state index in [-0.39, 0.29) is 0 Å². The van der Waals surface area contributed by atoms with Gasteiger partial charge in [-0.3, -0.25) is 0 Å². The summed E-state index contributed by atoms with van der Waals surface area (Å²) in [5, 5.41) is 0. The van der Waals surface area contributed by atoms with Gasteiger partial charge in [0, 0.05) is 18.3 Å². The molecule has 1 aliphatic heterocycles. The second-order valence-corrected chi connectivity index (χ2v) is 4.43. The van der Waals surface area contributed by atoms with E-state index in [1.165, 1.54) is 17.7 Å². The van der Waals surface area contributed by atoms with Crippen LogP contribution in [0.2, 0.25) is 0 Å². The molecule has 0 fully saturated rings. The Balaban J connectivity index is 2.34. The summed E-state index contributed by atoms with van der Waals surface area (Å²) in [6, 6.07) is 9.51. The largest absolute Gasteiger partial charge is 0.368 e. The van der Waals surface area contributed by atoms with Gasteiger partial charge in [-0.1, -0.05) is 32.0 Å². The predicted molar refractivity (Wildman–Crippen MR) is 61.8 cm³/mol. The Morgan fingerprint density at radius 1 is 1.36 bits per heavy atom. The first-order valence-corrected chi connectivity index (χ1v) is 5.58. The normalized spacial score (nSPS) is 20.3. The molecule has 1 aromatic carbocycles. The lowest BCUT2D eigenvalue weighted by molar-refractivity contribution is 0.477. The molecule has 1 aliphatic rings. The molecule has 0 N–H and O–H groups in total. The molecule has 1 atom stereocenters. The van der Waals surface area contributed by atoms with E-state index < -0.39 is 0 Å². The van der Waals surface area contributed by atoms with Gasteiger partial charge < -0.3 is 4.90 Å². The highest BCUT2D eigenvalue weighted by Gasteiger charge is 2.29. The first kappa shape index (κ1) is 9.57. The molecule has 0 saturated carbocycles. The molecule has 1 nitrogen and oxygen atoms in total. The number of fused-ring (bicyclic) bond motifs is 1. The number of hydrogen-bond donors (Lipinski definition) is 0. The minimum Gasteiger partial charge on any atom is -0.368 e. The van der Waals surface area contributed by atoms with Crippen LogP contribution in [0.5, 0.6) is 0 Å². The van der Waals surface area contributed by atoms with E-state index in [9.17, 15) is 0 Å². The fraction of sp³-hybridized carbons (Fsp3) is 0.538. The van der Waals surface area contributed by atoms with Gasteiger partial charge in [-0.25, -0.2) is 0 Å². The molecule has 1 heterocycles. The minimum atomic E-state index is 0.706. The van der Waals surface area contributed by atoms with Crippen LogP contribution in [-0.4, -0.2) is 12.6 Å². The summed E-state index contributed by atoms with van der Waals surface area (Å²) in [7, 11) is 0. The Labute approximate surface area is 86.7 Å². The summed E-state index contributed by atoms with van der Waals surface area (Å²) in [5.41, 5.74) is 2.97. The summed E-state index contributed by atoms with van der Waals surface area (Å²) in [6.45, 7) is 8.01. The summed E-state index contributed by atoms with van der Waals surface area (Å²) < 4.78 is 0. The van der Waals surface area contributed by atoms with Gasteiger partial charge in [-0.05, 0) is 30.9 Å². The van der Waals surface area contributed by atoms with E-state index in [1.54, 1.807) is 0 Å². The van der Waals surface area contributed by atoms with E-state index in [1.807, 2.05) is 0 Å². The topological polar surface area (TPSA) is 3.24 Å². The quantitative estimate of drug-likeness (QED) is 0.691. The van der Waals surface area contributed by atoms with Crippen LogP contribution >= 0.6 is 0 Å². The van der Waals surface area contributed by atoms with E-state index in [4.69, 9.17) is 0 Å². The molecule has 1 unspecified atom stereocenters. The molecular weight excluding hydrogens is 170 g/mol. The molecule has 1 aromatic rings. The van der Waals surface area contributed by atoms with E-state index in [2.05, 4.69) is 49.9 Å². The first-order chi connectivity index (χ1) is 6.74. The zero-order chi connectivity index (χ0) is 10.1. The highest BCUT2D eigenvalue weighted by atomic mass is 15.2. The maximum absolute atomic E-state index is 2.54. The van der Waals surface area contributed by atoms with Crippen molar-refractivity contribution in [1.29, 1.82) is 0 Å². The molecule has 0 spiro atoms. The molecule has 0 amide bonds. The smallest absolute Gasteiger partial charge is 0.0402 e. The van der Waals surface area contributed by atoms with Gasteiger partial charge in [0.05, 0.1) is 0 Å². The van der Waals surface area contributed by atoms with Gasteiger partial charge in [-0.15, -0.1) is 0 Å². The summed E-state index contributed by atoms with van der Waals surface area (Å²) in [4.78, 5) is 2.54. The molecule has 1 heteroatoms. The Hall–Kier alpha value is -0.980. The lowest BCUT2D eigenvalue weighted by Crippen LogP contribution is -2.35.